The van der Waals surface area contributed by atoms with E-state index in [0.29, 0.717) is 5.69 Å². The number of carbonyl (C=O) groups excluding carboxylic acids is 1. The Hall–Kier alpha value is -2.07. The van der Waals surface area contributed by atoms with Crippen LogP contribution in [0.3, 0.4) is 0 Å². The van der Waals surface area contributed by atoms with Gasteiger partial charge in [-0.15, -0.1) is 11.3 Å². The molecule has 3 aromatic rings. The van der Waals surface area contributed by atoms with E-state index < -0.39 is 10.0 Å². The first-order chi connectivity index (χ1) is 12.3. The fourth-order valence-corrected chi connectivity index (χ4v) is 4.43. The molecule has 2 aromatic heterocycles. The van der Waals surface area contributed by atoms with E-state index in [2.05, 4.69) is 4.98 Å². The van der Waals surface area contributed by atoms with Crippen molar-refractivity contribution >= 4 is 38.6 Å². The van der Waals surface area contributed by atoms with Crippen molar-refractivity contribution < 1.29 is 13.2 Å². The zero-order valence-corrected chi connectivity index (χ0v) is 16.6. The van der Waals surface area contributed by atoms with Crippen LogP contribution in [0.15, 0.2) is 51.4 Å². The number of thiazole rings is 1. The van der Waals surface area contributed by atoms with Crippen LogP contribution in [0.4, 0.5) is 0 Å². The minimum atomic E-state index is -3.73. The predicted octanol–water partition coefficient (Wildman–Crippen LogP) is 3.35. The van der Waals surface area contributed by atoms with Crippen molar-refractivity contribution in [2.75, 3.05) is 7.05 Å². The van der Waals surface area contributed by atoms with Gasteiger partial charge in [-0.05, 0) is 36.1 Å². The highest BCUT2D eigenvalue weighted by molar-refractivity contribution is 7.89. The van der Waals surface area contributed by atoms with E-state index in [4.69, 9.17) is 5.14 Å². The number of thiophene rings is 1. The second-order valence-electron chi connectivity index (χ2n) is 5.76. The molecule has 0 bridgehead atoms. The van der Waals surface area contributed by atoms with Gasteiger partial charge < -0.3 is 4.90 Å². The minimum Gasteiger partial charge on any atom is -0.334 e. The van der Waals surface area contributed by atoms with E-state index in [1.54, 1.807) is 40.8 Å². The number of hydrogen-bond donors (Lipinski definition) is 1. The lowest BCUT2D eigenvalue weighted by Gasteiger charge is -2.24. The molecule has 3 rings (SSSR count). The van der Waals surface area contributed by atoms with Crippen molar-refractivity contribution in [2.45, 2.75) is 17.9 Å². The van der Waals surface area contributed by atoms with Crippen LogP contribution in [0.5, 0.6) is 0 Å². The lowest BCUT2D eigenvalue weighted by atomic mass is 10.1. The summed E-state index contributed by atoms with van der Waals surface area (Å²) in [5.41, 5.74) is 2.21. The third-order valence-corrected chi connectivity index (χ3v) is 6.59. The fourth-order valence-electron chi connectivity index (χ4n) is 2.41. The van der Waals surface area contributed by atoms with Crippen LogP contribution < -0.4 is 5.14 Å². The number of sulfonamides is 1. The van der Waals surface area contributed by atoms with Gasteiger partial charge in [0.2, 0.25) is 10.0 Å². The van der Waals surface area contributed by atoms with Crippen LogP contribution in [-0.4, -0.2) is 31.3 Å². The first-order valence-corrected chi connectivity index (χ1v) is 11.0. The molecule has 1 unspecified atom stereocenters. The summed E-state index contributed by atoms with van der Waals surface area (Å²) in [6, 6.07) is 7.92. The highest BCUT2D eigenvalue weighted by Crippen LogP contribution is 2.27. The summed E-state index contributed by atoms with van der Waals surface area (Å²) in [5, 5.41) is 11.6. The normalized spacial score (nSPS) is 12.7. The molecule has 0 radical (unpaired) electrons. The molecule has 9 heteroatoms. The Bertz CT molecular complexity index is 1010. The molecule has 136 valence electrons. The Kier molecular flexibility index (Phi) is 5.24. The van der Waals surface area contributed by atoms with Gasteiger partial charge in [0.05, 0.1) is 10.9 Å². The quantitative estimate of drug-likeness (QED) is 0.702. The topological polar surface area (TPSA) is 93.4 Å². The maximum atomic E-state index is 12.7. The summed E-state index contributed by atoms with van der Waals surface area (Å²) in [4.78, 5) is 18.8. The summed E-state index contributed by atoms with van der Waals surface area (Å²) in [5.74, 6) is -0.189. The average Bonchev–Trinajstić information content (AvgIpc) is 3.30. The number of hydrogen-bond acceptors (Lipinski definition) is 6. The molecular weight excluding hydrogens is 390 g/mol. The largest absolute Gasteiger partial charge is 0.334 e. The number of aromatic nitrogens is 1. The van der Waals surface area contributed by atoms with Gasteiger partial charge in [0.25, 0.3) is 5.91 Å². The Morgan fingerprint density at radius 2 is 1.88 bits per heavy atom. The first-order valence-electron chi connectivity index (χ1n) is 7.65. The Balaban J connectivity index is 1.77. The second kappa shape index (κ2) is 7.28. The lowest BCUT2D eigenvalue weighted by Crippen LogP contribution is -2.30. The average molecular weight is 408 g/mol. The molecule has 2 N–H and O–H groups in total. The monoisotopic (exact) mass is 407 g/mol. The van der Waals surface area contributed by atoms with Crippen molar-refractivity contribution in [3.05, 3.63) is 57.7 Å². The first kappa shape index (κ1) is 18.7. The van der Waals surface area contributed by atoms with Crippen LogP contribution in [0, 0.1) is 0 Å². The maximum absolute atomic E-state index is 12.7. The highest BCUT2D eigenvalue weighted by atomic mass is 32.2. The molecule has 0 saturated heterocycles. The van der Waals surface area contributed by atoms with E-state index in [1.165, 1.54) is 23.5 Å². The summed E-state index contributed by atoms with van der Waals surface area (Å²) in [6.45, 7) is 1.87. The number of amides is 1. The predicted molar refractivity (Wildman–Crippen MR) is 104 cm³/mol. The molecule has 0 spiro atoms. The van der Waals surface area contributed by atoms with Gasteiger partial charge in [-0.1, -0.05) is 12.1 Å². The Morgan fingerprint density at radius 3 is 2.46 bits per heavy atom. The van der Waals surface area contributed by atoms with Gasteiger partial charge in [0.1, 0.15) is 10.7 Å². The number of primary sulfonamides is 1. The molecule has 0 aliphatic carbocycles. The lowest BCUT2D eigenvalue weighted by molar-refractivity contribution is 0.0737. The highest BCUT2D eigenvalue weighted by Gasteiger charge is 2.22. The number of benzene rings is 1. The summed E-state index contributed by atoms with van der Waals surface area (Å²) in [6.07, 6.45) is 0. The molecule has 2 heterocycles. The van der Waals surface area contributed by atoms with Crippen LogP contribution in [0.25, 0.3) is 10.6 Å². The van der Waals surface area contributed by atoms with E-state index >= 15 is 0 Å². The summed E-state index contributed by atoms with van der Waals surface area (Å²) < 4.78 is 22.7. The third kappa shape index (κ3) is 3.85. The molecule has 1 atom stereocenters. The van der Waals surface area contributed by atoms with Crippen LogP contribution in [0.1, 0.15) is 29.0 Å². The molecule has 1 amide bonds. The molecular formula is C17H17N3O3S3. The molecule has 0 saturated carbocycles. The molecule has 0 aliphatic heterocycles. The van der Waals surface area contributed by atoms with Crippen LogP contribution in [-0.2, 0) is 10.0 Å². The zero-order chi connectivity index (χ0) is 18.9. The number of nitrogens with two attached hydrogens (primary N) is 1. The molecule has 0 fully saturated rings. The van der Waals surface area contributed by atoms with E-state index in [1.807, 2.05) is 23.8 Å². The third-order valence-electron chi connectivity index (χ3n) is 4.08. The standard InChI is InChI=1S/C17H17N3O3S3/c1-11(12-3-5-14(6-4-12)26(18,22)23)20(2)17(21)15-10-25-16(19-15)13-7-8-24-9-13/h3-11H,1-2H3,(H2,18,22,23). The van der Waals surface area contributed by atoms with Gasteiger partial charge in [-0.3, -0.25) is 4.79 Å². The van der Waals surface area contributed by atoms with Crippen LogP contribution >= 0.6 is 22.7 Å². The number of nitrogens with zero attached hydrogens (tertiary/aromatic N) is 2. The van der Waals surface area contributed by atoms with Crippen LogP contribution in [0.2, 0.25) is 0 Å². The van der Waals surface area contributed by atoms with Crippen molar-refractivity contribution in [3.63, 3.8) is 0 Å². The zero-order valence-electron chi connectivity index (χ0n) is 14.1. The summed E-state index contributed by atoms with van der Waals surface area (Å²) in [7, 11) is -2.03. The second-order valence-corrected chi connectivity index (χ2v) is 8.96. The van der Waals surface area contributed by atoms with Gasteiger partial charge in [-0.2, -0.15) is 11.3 Å². The fraction of sp³-hybridized carbons (Fsp3) is 0.176. The smallest absolute Gasteiger partial charge is 0.273 e. The SMILES string of the molecule is CC(c1ccc(S(N)(=O)=O)cc1)N(C)C(=O)c1csc(-c2ccsc2)n1. The van der Waals surface area contributed by atoms with Crippen molar-refractivity contribution in [3.8, 4) is 10.6 Å². The van der Waals surface area contributed by atoms with Gasteiger partial charge in [0, 0.05) is 23.4 Å². The molecule has 6 nitrogen and oxygen atoms in total. The Labute approximate surface area is 160 Å². The maximum Gasteiger partial charge on any atom is 0.273 e. The molecule has 26 heavy (non-hydrogen) atoms. The van der Waals surface area contributed by atoms with Gasteiger partial charge >= 0.3 is 0 Å². The van der Waals surface area contributed by atoms with Crippen molar-refractivity contribution in [1.29, 1.82) is 0 Å². The Morgan fingerprint density at radius 1 is 1.19 bits per heavy atom. The van der Waals surface area contributed by atoms with E-state index in [-0.39, 0.29) is 16.8 Å². The molecule has 1 aromatic carbocycles. The van der Waals surface area contributed by atoms with Crippen molar-refractivity contribution in [2.24, 2.45) is 5.14 Å². The van der Waals surface area contributed by atoms with Crippen molar-refractivity contribution in [1.82, 2.24) is 9.88 Å². The van der Waals surface area contributed by atoms with E-state index in [0.717, 1.165) is 16.1 Å². The van der Waals surface area contributed by atoms with E-state index in [9.17, 15) is 13.2 Å². The molecule has 0 aliphatic rings. The summed E-state index contributed by atoms with van der Waals surface area (Å²) >= 11 is 3.02. The number of rotatable bonds is 5. The minimum absolute atomic E-state index is 0.0438. The van der Waals surface area contributed by atoms with Gasteiger partial charge in [0.15, 0.2) is 0 Å². The van der Waals surface area contributed by atoms with Gasteiger partial charge in [-0.25, -0.2) is 18.5 Å². The number of carbonyl (C=O) groups is 1.